The normalized spacial score (nSPS) is 11.0. The Bertz CT molecular complexity index is 1180. The number of aryl methyl sites for hydroxylation is 1. The smallest absolute Gasteiger partial charge is 0.319 e. The highest BCUT2D eigenvalue weighted by atomic mass is 16.2. The van der Waals surface area contributed by atoms with Gasteiger partial charge in [0.25, 0.3) is 0 Å². The first-order valence-corrected chi connectivity index (χ1v) is 9.58. The zero-order valence-corrected chi connectivity index (χ0v) is 16.7. The number of benzene rings is 2. The van der Waals surface area contributed by atoms with Crippen LogP contribution in [-0.4, -0.2) is 27.3 Å². The van der Waals surface area contributed by atoms with Gasteiger partial charge < -0.3 is 10.6 Å². The van der Waals surface area contributed by atoms with Gasteiger partial charge in [-0.15, -0.1) is 0 Å². The van der Waals surface area contributed by atoms with Crippen LogP contribution in [0.2, 0.25) is 0 Å². The molecule has 4 aromatic rings. The molecule has 0 bridgehead atoms. The summed E-state index contributed by atoms with van der Waals surface area (Å²) in [6.45, 7) is 5.90. The quantitative estimate of drug-likeness (QED) is 0.455. The lowest BCUT2D eigenvalue weighted by Gasteiger charge is -2.14. The zero-order chi connectivity index (χ0) is 20.4. The van der Waals surface area contributed by atoms with E-state index in [2.05, 4.69) is 46.0 Å². The molecule has 0 aliphatic rings. The molecule has 0 radical (unpaired) electrons. The number of amides is 2. The predicted octanol–water partition coefficient (Wildman–Crippen LogP) is 5.13. The van der Waals surface area contributed by atoms with Crippen molar-refractivity contribution >= 4 is 22.6 Å². The third kappa shape index (κ3) is 4.11. The summed E-state index contributed by atoms with van der Waals surface area (Å²) in [5.74, 6) is 0. The van der Waals surface area contributed by atoms with Crippen molar-refractivity contribution in [1.29, 1.82) is 0 Å². The van der Waals surface area contributed by atoms with E-state index >= 15 is 0 Å². The lowest BCUT2D eigenvalue weighted by molar-refractivity contribution is 0.250. The highest BCUT2D eigenvalue weighted by Crippen LogP contribution is 2.34. The van der Waals surface area contributed by atoms with Gasteiger partial charge in [0.15, 0.2) is 0 Å². The number of aromatic nitrogens is 3. The van der Waals surface area contributed by atoms with E-state index in [1.165, 1.54) is 5.56 Å². The van der Waals surface area contributed by atoms with Crippen LogP contribution in [0, 0.1) is 6.92 Å². The van der Waals surface area contributed by atoms with Crippen LogP contribution in [0.25, 0.3) is 33.3 Å². The molecule has 0 unspecified atom stereocenters. The van der Waals surface area contributed by atoms with Gasteiger partial charge in [0.1, 0.15) is 0 Å². The molecule has 2 amide bonds. The summed E-state index contributed by atoms with van der Waals surface area (Å²) in [6.07, 6.45) is 3.49. The number of nitrogens with one attached hydrogen (secondary N) is 3. The number of rotatable bonds is 4. The maximum absolute atomic E-state index is 12.1. The molecule has 0 aliphatic heterocycles. The number of fused-ring (bicyclic) bond motifs is 1. The molecule has 2 aromatic heterocycles. The molecule has 29 heavy (non-hydrogen) atoms. The van der Waals surface area contributed by atoms with Crippen molar-refractivity contribution in [2.24, 2.45) is 0 Å². The lowest BCUT2D eigenvalue weighted by Crippen LogP contribution is -2.34. The first-order valence-electron chi connectivity index (χ1n) is 9.58. The minimum Gasteiger partial charge on any atom is -0.336 e. The summed E-state index contributed by atoms with van der Waals surface area (Å²) in [6, 6.07) is 16.1. The van der Waals surface area contributed by atoms with Gasteiger partial charge in [0, 0.05) is 22.6 Å². The van der Waals surface area contributed by atoms with Crippen molar-refractivity contribution in [2.45, 2.75) is 26.8 Å². The van der Waals surface area contributed by atoms with Crippen molar-refractivity contribution in [3.63, 3.8) is 0 Å². The summed E-state index contributed by atoms with van der Waals surface area (Å²) >= 11 is 0. The number of hydrogen-bond acceptors (Lipinski definition) is 3. The maximum Gasteiger partial charge on any atom is 0.319 e. The maximum atomic E-state index is 12.1. The number of aromatic amines is 1. The molecule has 2 heterocycles. The lowest BCUT2D eigenvalue weighted by atomic mass is 9.97. The van der Waals surface area contributed by atoms with Gasteiger partial charge in [-0.1, -0.05) is 29.8 Å². The summed E-state index contributed by atoms with van der Waals surface area (Å²) in [5.41, 5.74) is 6.64. The summed E-state index contributed by atoms with van der Waals surface area (Å²) in [4.78, 5) is 16.8. The van der Waals surface area contributed by atoms with Crippen molar-refractivity contribution in [3.8, 4) is 22.4 Å². The summed E-state index contributed by atoms with van der Waals surface area (Å²) < 4.78 is 0. The molecule has 6 heteroatoms. The highest BCUT2D eigenvalue weighted by Gasteiger charge is 2.13. The van der Waals surface area contributed by atoms with Crippen molar-refractivity contribution in [3.05, 3.63) is 66.5 Å². The molecular weight excluding hydrogens is 362 g/mol. The Morgan fingerprint density at radius 1 is 1.03 bits per heavy atom. The zero-order valence-electron chi connectivity index (χ0n) is 16.7. The predicted molar refractivity (Wildman–Crippen MR) is 117 cm³/mol. The average Bonchev–Trinajstić information content (AvgIpc) is 3.15. The van der Waals surface area contributed by atoms with Gasteiger partial charge in [-0.25, -0.2) is 4.79 Å². The van der Waals surface area contributed by atoms with Crippen molar-refractivity contribution in [2.75, 3.05) is 5.32 Å². The van der Waals surface area contributed by atoms with Crippen LogP contribution in [0.3, 0.4) is 0 Å². The molecule has 0 saturated carbocycles. The third-order valence-corrected chi connectivity index (χ3v) is 4.61. The van der Waals surface area contributed by atoms with E-state index in [0.717, 1.165) is 33.3 Å². The molecule has 0 atom stereocenters. The largest absolute Gasteiger partial charge is 0.336 e. The van der Waals surface area contributed by atoms with Crippen LogP contribution in [-0.2, 0) is 0 Å². The molecular formula is C23H23N5O. The number of anilines is 1. The molecule has 6 nitrogen and oxygen atoms in total. The Balaban J connectivity index is 1.81. The Hall–Kier alpha value is -3.67. The fourth-order valence-corrected chi connectivity index (χ4v) is 3.32. The van der Waals surface area contributed by atoms with Gasteiger partial charge in [-0.2, -0.15) is 5.10 Å². The topological polar surface area (TPSA) is 82.7 Å². The van der Waals surface area contributed by atoms with Gasteiger partial charge >= 0.3 is 6.03 Å². The van der Waals surface area contributed by atoms with E-state index < -0.39 is 0 Å². The molecule has 4 rings (SSSR count). The fraction of sp³-hybridized carbons (Fsp3) is 0.174. The number of urea groups is 1. The SMILES string of the molecule is Cc1cccc(-c2ncc(NC(=O)NC(C)C)cc2-c2ccc3[nH]ncc3c2)c1. The second kappa shape index (κ2) is 7.75. The van der Waals surface area contributed by atoms with Crippen LogP contribution in [0.15, 0.2) is 60.9 Å². The molecule has 0 fully saturated rings. The van der Waals surface area contributed by atoms with Crippen molar-refractivity contribution < 1.29 is 4.79 Å². The van der Waals surface area contributed by atoms with Crippen LogP contribution in [0.1, 0.15) is 19.4 Å². The second-order valence-corrected chi connectivity index (χ2v) is 7.41. The summed E-state index contributed by atoms with van der Waals surface area (Å²) in [7, 11) is 0. The minimum atomic E-state index is -0.249. The number of hydrogen-bond donors (Lipinski definition) is 3. The van der Waals surface area contributed by atoms with E-state index in [4.69, 9.17) is 4.98 Å². The Morgan fingerprint density at radius 2 is 1.90 bits per heavy atom. The van der Waals surface area contributed by atoms with Crippen LogP contribution >= 0.6 is 0 Å². The number of carbonyl (C=O) groups is 1. The molecule has 0 spiro atoms. The molecule has 0 saturated heterocycles. The van der Waals surface area contributed by atoms with E-state index in [1.807, 2.05) is 44.2 Å². The van der Waals surface area contributed by atoms with E-state index in [-0.39, 0.29) is 12.1 Å². The van der Waals surface area contributed by atoms with Gasteiger partial charge in [-0.05, 0) is 50.6 Å². The molecule has 146 valence electrons. The van der Waals surface area contributed by atoms with Crippen LogP contribution in [0.5, 0.6) is 0 Å². The van der Waals surface area contributed by atoms with E-state index in [1.54, 1.807) is 12.4 Å². The van der Waals surface area contributed by atoms with Gasteiger partial charge in [0.2, 0.25) is 0 Å². The fourth-order valence-electron chi connectivity index (χ4n) is 3.32. The van der Waals surface area contributed by atoms with Gasteiger partial charge in [-0.3, -0.25) is 10.1 Å². The Kier molecular flexibility index (Phi) is 4.99. The highest BCUT2D eigenvalue weighted by molar-refractivity contribution is 5.93. The molecule has 0 aliphatic carbocycles. The monoisotopic (exact) mass is 385 g/mol. The number of nitrogens with zero attached hydrogens (tertiary/aromatic N) is 2. The second-order valence-electron chi connectivity index (χ2n) is 7.41. The van der Waals surface area contributed by atoms with Crippen molar-refractivity contribution in [1.82, 2.24) is 20.5 Å². The minimum absolute atomic E-state index is 0.0532. The van der Waals surface area contributed by atoms with Crippen LogP contribution in [0.4, 0.5) is 10.5 Å². The average molecular weight is 385 g/mol. The number of pyridine rings is 1. The first-order chi connectivity index (χ1) is 14.0. The number of H-pyrrole nitrogens is 1. The Labute approximate surface area is 169 Å². The third-order valence-electron chi connectivity index (χ3n) is 4.61. The number of carbonyl (C=O) groups excluding carboxylic acids is 1. The van der Waals surface area contributed by atoms with Crippen LogP contribution < -0.4 is 10.6 Å². The molecule has 2 aromatic carbocycles. The molecule has 3 N–H and O–H groups in total. The first kappa shape index (κ1) is 18.7. The summed E-state index contributed by atoms with van der Waals surface area (Å²) in [5, 5.41) is 13.8. The standard InChI is InChI=1S/C23H23N5O/c1-14(2)26-23(29)27-19-11-20(16-7-8-21-18(10-16)12-25-28-21)22(24-13-19)17-6-4-5-15(3)9-17/h4-14H,1-3H3,(H,25,28)(H2,26,27,29). The Morgan fingerprint density at radius 3 is 2.69 bits per heavy atom. The van der Waals surface area contributed by atoms with E-state index in [0.29, 0.717) is 5.69 Å². The van der Waals surface area contributed by atoms with Gasteiger partial charge in [0.05, 0.1) is 29.3 Å². The van der Waals surface area contributed by atoms with E-state index in [9.17, 15) is 4.79 Å².